The Morgan fingerprint density at radius 3 is 2.93 bits per heavy atom. The van der Waals surface area contributed by atoms with Gasteiger partial charge in [0.05, 0.1) is 40.9 Å². The first kappa shape index (κ1) is 17.4. The number of aromatic nitrogens is 3. The lowest BCUT2D eigenvalue weighted by Crippen LogP contribution is -2.44. The van der Waals surface area contributed by atoms with Crippen molar-refractivity contribution in [1.82, 2.24) is 14.8 Å². The second-order valence-electron chi connectivity index (χ2n) is 6.81. The van der Waals surface area contributed by atoms with E-state index in [1.54, 1.807) is 30.5 Å². The van der Waals surface area contributed by atoms with Gasteiger partial charge in [-0.25, -0.2) is 0 Å². The van der Waals surface area contributed by atoms with Crippen molar-refractivity contribution >= 4 is 22.3 Å². The molecule has 0 aliphatic carbocycles. The molecule has 0 amide bonds. The summed E-state index contributed by atoms with van der Waals surface area (Å²) in [6.07, 6.45) is 1.66. The Bertz CT molecular complexity index is 1000. The summed E-state index contributed by atoms with van der Waals surface area (Å²) in [7, 11) is 0. The van der Waals surface area contributed by atoms with Crippen molar-refractivity contribution in [2.24, 2.45) is 0 Å². The summed E-state index contributed by atoms with van der Waals surface area (Å²) in [5.74, 6) is 0. The molecule has 27 heavy (non-hydrogen) atoms. The largest absolute Gasteiger partial charge is 0.373 e. The Labute approximate surface area is 156 Å². The Kier molecular flexibility index (Phi) is 4.49. The first-order chi connectivity index (χ1) is 13.0. The van der Waals surface area contributed by atoms with Gasteiger partial charge >= 0.3 is 0 Å². The number of hydrogen-bond donors (Lipinski definition) is 0. The first-order valence-electron chi connectivity index (χ1n) is 8.92. The molecule has 4 rings (SSSR count). The van der Waals surface area contributed by atoms with Gasteiger partial charge in [0.1, 0.15) is 5.52 Å². The molecule has 1 aromatic carbocycles. The van der Waals surface area contributed by atoms with Crippen LogP contribution in [0.1, 0.15) is 11.4 Å². The Balaban J connectivity index is 1.62. The third kappa shape index (κ3) is 3.35. The highest BCUT2D eigenvalue weighted by molar-refractivity contribution is 5.97. The van der Waals surface area contributed by atoms with E-state index in [0.717, 1.165) is 23.6 Å². The number of benzene rings is 1. The molecule has 1 atom stereocenters. The maximum atomic E-state index is 11.3. The van der Waals surface area contributed by atoms with Crippen LogP contribution >= 0.6 is 0 Å². The molecule has 0 bridgehead atoms. The molecule has 3 heterocycles. The standard InChI is InChI=1S/C19H21N5O3/c1-13-10-14(2)23(21-13)12-15-11-22(8-9-27-15)18-6-5-17(24(25)26)16-4-3-7-20-19(16)18/h3-7,10,15H,8-9,11-12H2,1-2H3. The minimum absolute atomic E-state index is 0.00861. The average Bonchev–Trinajstić information content (AvgIpc) is 2.97. The fourth-order valence-corrected chi connectivity index (χ4v) is 3.66. The van der Waals surface area contributed by atoms with E-state index in [9.17, 15) is 10.1 Å². The number of nitro benzene ring substituents is 1. The van der Waals surface area contributed by atoms with Gasteiger partial charge in [0.2, 0.25) is 0 Å². The van der Waals surface area contributed by atoms with Gasteiger partial charge < -0.3 is 9.64 Å². The fourth-order valence-electron chi connectivity index (χ4n) is 3.66. The molecule has 3 aromatic rings. The molecule has 1 fully saturated rings. The normalized spacial score (nSPS) is 17.4. The van der Waals surface area contributed by atoms with E-state index in [0.29, 0.717) is 30.6 Å². The van der Waals surface area contributed by atoms with Gasteiger partial charge in [-0.05, 0) is 38.1 Å². The highest BCUT2D eigenvalue weighted by Gasteiger charge is 2.25. The predicted molar refractivity (Wildman–Crippen MR) is 102 cm³/mol. The summed E-state index contributed by atoms with van der Waals surface area (Å²) in [5.41, 5.74) is 3.73. The molecule has 1 saturated heterocycles. The summed E-state index contributed by atoms with van der Waals surface area (Å²) in [6.45, 7) is 6.68. The number of aryl methyl sites for hydroxylation is 2. The van der Waals surface area contributed by atoms with Gasteiger partial charge in [-0.1, -0.05) is 0 Å². The van der Waals surface area contributed by atoms with Crippen molar-refractivity contribution in [2.45, 2.75) is 26.5 Å². The number of non-ortho nitro benzene ring substituents is 1. The highest BCUT2D eigenvalue weighted by atomic mass is 16.6. The lowest BCUT2D eigenvalue weighted by molar-refractivity contribution is -0.383. The molecule has 0 N–H and O–H groups in total. The second-order valence-corrected chi connectivity index (χ2v) is 6.81. The third-order valence-corrected chi connectivity index (χ3v) is 4.88. The van der Waals surface area contributed by atoms with E-state index in [-0.39, 0.29) is 16.7 Å². The lowest BCUT2D eigenvalue weighted by atomic mass is 10.1. The van der Waals surface area contributed by atoms with E-state index in [1.165, 1.54) is 0 Å². The fraction of sp³-hybridized carbons (Fsp3) is 0.368. The van der Waals surface area contributed by atoms with Crippen LogP contribution in [-0.4, -0.2) is 45.5 Å². The summed E-state index contributed by atoms with van der Waals surface area (Å²) < 4.78 is 7.91. The molecule has 0 saturated carbocycles. The van der Waals surface area contributed by atoms with Crippen LogP contribution in [0.2, 0.25) is 0 Å². The monoisotopic (exact) mass is 367 g/mol. The Morgan fingerprint density at radius 1 is 1.33 bits per heavy atom. The molecule has 0 spiro atoms. The molecule has 8 nitrogen and oxygen atoms in total. The Morgan fingerprint density at radius 2 is 2.19 bits per heavy atom. The number of anilines is 1. The van der Waals surface area contributed by atoms with E-state index in [2.05, 4.69) is 15.0 Å². The van der Waals surface area contributed by atoms with Crippen molar-refractivity contribution < 1.29 is 9.66 Å². The summed E-state index contributed by atoms with van der Waals surface area (Å²) in [6, 6.07) is 8.88. The number of fused-ring (bicyclic) bond motifs is 1. The van der Waals surface area contributed by atoms with Crippen LogP contribution < -0.4 is 4.90 Å². The van der Waals surface area contributed by atoms with Crippen LogP contribution in [-0.2, 0) is 11.3 Å². The average molecular weight is 367 g/mol. The topological polar surface area (TPSA) is 86.3 Å². The number of rotatable bonds is 4. The van der Waals surface area contributed by atoms with Crippen molar-refractivity contribution in [3.63, 3.8) is 0 Å². The molecule has 0 radical (unpaired) electrons. The van der Waals surface area contributed by atoms with Gasteiger partial charge in [0.25, 0.3) is 5.69 Å². The quantitative estimate of drug-likeness (QED) is 0.521. The summed E-state index contributed by atoms with van der Waals surface area (Å²) in [5, 5.41) is 16.4. The molecular weight excluding hydrogens is 346 g/mol. The van der Waals surface area contributed by atoms with Crippen molar-refractivity contribution in [3.05, 3.63) is 58.0 Å². The van der Waals surface area contributed by atoms with Gasteiger partial charge in [-0.2, -0.15) is 5.10 Å². The number of hydrogen-bond acceptors (Lipinski definition) is 6. The minimum Gasteiger partial charge on any atom is -0.373 e. The van der Waals surface area contributed by atoms with Crippen LogP contribution in [0, 0.1) is 24.0 Å². The number of nitro groups is 1. The van der Waals surface area contributed by atoms with Gasteiger partial charge in [0.15, 0.2) is 0 Å². The maximum absolute atomic E-state index is 11.3. The number of nitrogens with zero attached hydrogens (tertiary/aromatic N) is 5. The SMILES string of the molecule is Cc1cc(C)n(CC2CN(c3ccc([N+](=O)[O-])c4cccnc34)CCO2)n1. The first-order valence-corrected chi connectivity index (χ1v) is 8.92. The number of morpholine rings is 1. The molecular formula is C19H21N5O3. The smallest absolute Gasteiger partial charge is 0.278 e. The molecule has 2 aromatic heterocycles. The van der Waals surface area contributed by atoms with Crippen LogP contribution in [0.25, 0.3) is 10.9 Å². The van der Waals surface area contributed by atoms with Crippen LogP contribution in [0.4, 0.5) is 11.4 Å². The van der Waals surface area contributed by atoms with E-state index >= 15 is 0 Å². The van der Waals surface area contributed by atoms with Crippen molar-refractivity contribution in [2.75, 3.05) is 24.6 Å². The van der Waals surface area contributed by atoms with Gasteiger partial charge in [-0.15, -0.1) is 0 Å². The van der Waals surface area contributed by atoms with E-state index in [1.807, 2.05) is 24.6 Å². The summed E-state index contributed by atoms with van der Waals surface area (Å²) >= 11 is 0. The zero-order valence-corrected chi connectivity index (χ0v) is 15.3. The summed E-state index contributed by atoms with van der Waals surface area (Å²) in [4.78, 5) is 17.6. The maximum Gasteiger partial charge on any atom is 0.278 e. The second kappa shape index (κ2) is 6.96. The van der Waals surface area contributed by atoms with E-state index < -0.39 is 0 Å². The molecule has 1 aliphatic rings. The highest BCUT2D eigenvalue weighted by Crippen LogP contribution is 2.32. The van der Waals surface area contributed by atoms with Gasteiger partial charge in [-0.3, -0.25) is 19.8 Å². The molecule has 140 valence electrons. The van der Waals surface area contributed by atoms with Crippen molar-refractivity contribution in [3.8, 4) is 0 Å². The zero-order valence-electron chi connectivity index (χ0n) is 15.3. The number of ether oxygens (including phenoxy) is 1. The lowest BCUT2D eigenvalue weighted by Gasteiger charge is -2.35. The van der Waals surface area contributed by atoms with Crippen molar-refractivity contribution in [1.29, 1.82) is 0 Å². The third-order valence-electron chi connectivity index (χ3n) is 4.88. The van der Waals surface area contributed by atoms with Gasteiger partial charge in [0, 0.05) is 31.0 Å². The van der Waals surface area contributed by atoms with Crippen LogP contribution in [0.15, 0.2) is 36.5 Å². The zero-order chi connectivity index (χ0) is 19.0. The van der Waals surface area contributed by atoms with E-state index in [4.69, 9.17) is 4.74 Å². The molecule has 1 aliphatic heterocycles. The van der Waals surface area contributed by atoms with Crippen LogP contribution in [0.3, 0.4) is 0 Å². The predicted octanol–water partition coefficient (Wildman–Crippen LogP) is 2.86. The number of pyridine rings is 1. The molecule has 8 heteroatoms. The van der Waals surface area contributed by atoms with Crippen LogP contribution in [0.5, 0.6) is 0 Å². The minimum atomic E-state index is -0.362. The Hall–Kier alpha value is -3.00. The molecule has 1 unspecified atom stereocenters.